The molecule has 104 valence electrons. The molecular formula is C12H10N2O5S. The smallest absolute Gasteiger partial charge is 0.245 e. The summed E-state index contributed by atoms with van der Waals surface area (Å²) in [6.07, 6.45) is 0. The Balaban J connectivity index is 2.98. The summed E-state index contributed by atoms with van der Waals surface area (Å²) in [6, 6.07) is 13.1. The van der Waals surface area contributed by atoms with E-state index in [1.165, 1.54) is 36.4 Å². The van der Waals surface area contributed by atoms with Crippen molar-refractivity contribution in [1.29, 1.82) is 0 Å². The van der Waals surface area contributed by atoms with Crippen molar-refractivity contribution in [3.05, 3.63) is 80.9 Å². The predicted octanol–water partition coefficient (Wildman–Crippen LogP) is 2.31. The molecule has 0 radical (unpaired) electrons. The Kier molecular flexibility index (Phi) is 3.10. The van der Waals surface area contributed by atoms with E-state index in [0.717, 1.165) is 24.3 Å². The van der Waals surface area contributed by atoms with E-state index >= 15 is 0 Å². The van der Waals surface area contributed by atoms with Crippen LogP contribution in [0.1, 0.15) is 0 Å². The number of hydrogen-bond donors (Lipinski definition) is 0. The van der Waals surface area contributed by atoms with Gasteiger partial charge in [0.1, 0.15) is 9.79 Å². The van der Waals surface area contributed by atoms with Crippen LogP contribution in [0, 0.1) is 20.2 Å². The van der Waals surface area contributed by atoms with E-state index in [4.69, 9.17) is 0 Å². The SMILES string of the molecule is O=[N+]([O-])S(=O)(c1ccccc1)(c1ccccc1)[N+](=O)[O-]. The predicted molar refractivity (Wildman–Crippen MR) is 71.5 cm³/mol. The summed E-state index contributed by atoms with van der Waals surface area (Å²) in [5.41, 5.74) is 0. The summed E-state index contributed by atoms with van der Waals surface area (Å²) < 4.78 is 10.6. The van der Waals surface area contributed by atoms with Crippen molar-refractivity contribution in [2.75, 3.05) is 0 Å². The van der Waals surface area contributed by atoms with Gasteiger partial charge in [-0.2, -0.15) is 0 Å². The minimum absolute atomic E-state index is 0.439. The average Bonchev–Trinajstić information content (AvgIpc) is 2.48. The molecule has 0 unspecified atom stereocenters. The minimum atomic E-state index is -5.70. The van der Waals surface area contributed by atoms with Crippen molar-refractivity contribution in [3.8, 4) is 0 Å². The average molecular weight is 294 g/mol. The van der Waals surface area contributed by atoms with Crippen LogP contribution in [0.3, 0.4) is 0 Å². The van der Waals surface area contributed by atoms with Crippen LogP contribution in [0.5, 0.6) is 0 Å². The third-order valence-corrected chi connectivity index (χ3v) is 6.24. The highest BCUT2D eigenvalue weighted by atomic mass is 32.3. The van der Waals surface area contributed by atoms with Crippen LogP contribution >= 0.6 is 0 Å². The van der Waals surface area contributed by atoms with Crippen LogP contribution in [0.25, 0.3) is 0 Å². The lowest BCUT2D eigenvalue weighted by molar-refractivity contribution is -0.434. The van der Waals surface area contributed by atoms with Gasteiger partial charge in [0.15, 0.2) is 8.66 Å². The third kappa shape index (κ3) is 1.55. The van der Waals surface area contributed by atoms with Crippen LogP contribution in [0.15, 0.2) is 70.5 Å². The summed E-state index contributed by atoms with van der Waals surface area (Å²) in [7, 11) is -5.70. The molecule has 0 heterocycles. The van der Waals surface area contributed by atoms with Crippen molar-refractivity contribution in [1.82, 2.24) is 0 Å². The zero-order chi connectivity index (χ0) is 14.8. The first-order chi connectivity index (χ1) is 9.42. The summed E-state index contributed by atoms with van der Waals surface area (Å²) in [4.78, 5) is 22.1. The molecule has 0 atom stereocenters. The number of hydrogen-bond acceptors (Lipinski definition) is 5. The molecule has 0 aliphatic heterocycles. The van der Waals surface area contributed by atoms with Crippen LogP contribution in [-0.2, 0) is 9.44 Å². The van der Waals surface area contributed by atoms with Crippen molar-refractivity contribution in [2.24, 2.45) is 0 Å². The number of benzene rings is 2. The maximum absolute atomic E-state index is 13.2. The lowest BCUT2D eigenvalue weighted by atomic mass is 10.4. The van der Waals surface area contributed by atoms with Gasteiger partial charge >= 0.3 is 9.44 Å². The molecule has 0 amide bonds. The molecule has 0 bridgehead atoms. The number of nitro groups is 2. The zero-order valence-corrected chi connectivity index (χ0v) is 10.9. The van der Waals surface area contributed by atoms with Crippen molar-refractivity contribution in [3.63, 3.8) is 0 Å². The molecule has 8 heteroatoms. The Labute approximate surface area is 113 Å². The molecular weight excluding hydrogens is 284 g/mol. The van der Waals surface area contributed by atoms with E-state index in [2.05, 4.69) is 0 Å². The monoisotopic (exact) mass is 294 g/mol. The van der Waals surface area contributed by atoms with Gasteiger partial charge in [0.2, 0.25) is 0 Å². The standard InChI is InChI=1S/C12H10N2O5S/c15-13(16)20(19,14(17)18,11-7-3-1-4-8-11)12-9-5-2-6-10-12/h1-10H. The lowest BCUT2D eigenvalue weighted by Crippen LogP contribution is -2.48. The molecule has 20 heavy (non-hydrogen) atoms. The van der Waals surface area contributed by atoms with Gasteiger partial charge in [-0.15, -0.1) is 4.21 Å². The van der Waals surface area contributed by atoms with Gasteiger partial charge in [-0.1, -0.05) is 36.4 Å². The third-order valence-electron chi connectivity index (χ3n) is 2.89. The maximum atomic E-state index is 13.2. The molecule has 0 aliphatic carbocycles. The van der Waals surface area contributed by atoms with Crippen molar-refractivity contribution >= 4 is 9.44 Å². The van der Waals surface area contributed by atoms with E-state index in [9.17, 15) is 24.4 Å². The molecule has 0 saturated heterocycles. The van der Waals surface area contributed by atoms with E-state index in [-0.39, 0.29) is 0 Å². The van der Waals surface area contributed by atoms with Crippen LogP contribution in [-0.4, -0.2) is 12.9 Å². The molecule has 0 N–H and O–H groups in total. The number of nitrogens with zero attached hydrogens (tertiary/aromatic N) is 2. The van der Waals surface area contributed by atoms with E-state index in [1.54, 1.807) is 0 Å². The van der Waals surface area contributed by atoms with Crippen molar-refractivity contribution < 1.29 is 12.9 Å². The van der Waals surface area contributed by atoms with Crippen LogP contribution < -0.4 is 0 Å². The molecule has 2 aromatic rings. The Morgan fingerprint density at radius 2 is 1.00 bits per heavy atom. The molecule has 0 aliphatic rings. The van der Waals surface area contributed by atoms with Gasteiger partial charge in [0.25, 0.3) is 0 Å². The summed E-state index contributed by atoms with van der Waals surface area (Å²) >= 11 is 0. The number of rotatable bonds is 4. The van der Waals surface area contributed by atoms with E-state index < -0.39 is 27.9 Å². The second-order valence-electron chi connectivity index (χ2n) is 3.94. The fourth-order valence-corrected chi connectivity index (χ4v) is 4.23. The second-order valence-corrected chi connectivity index (χ2v) is 7.21. The fraction of sp³-hybridized carbons (Fsp3) is 0. The van der Waals surface area contributed by atoms with E-state index in [0.29, 0.717) is 0 Å². The van der Waals surface area contributed by atoms with Gasteiger partial charge in [-0.3, -0.25) is 0 Å². The largest absolute Gasteiger partial charge is 0.384 e. The quantitative estimate of drug-likeness (QED) is 0.635. The molecule has 2 rings (SSSR count). The van der Waals surface area contributed by atoms with Crippen LogP contribution in [0.4, 0.5) is 0 Å². The Hall–Kier alpha value is -2.61. The van der Waals surface area contributed by atoms with Gasteiger partial charge in [0, 0.05) is 0 Å². The van der Waals surface area contributed by atoms with Gasteiger partial charge < -0.3 is 0 Å². The van der Waals surface area contributed by atoms with Gasteiger partial charge in [-0.05, 0) is 24.3 Å². The van der Waals surface area contributed by atoms with Crippen LogP contribution in [0.2, 0.25) is 0 Å². The van der Waals surface area contributed by atoms with Gasteiger partial charge in [0.05, 0.1) is 0 Å². The molecule has 0 fully saturated rings. The molecule has 0 spiro atoms. The minimum Gasteiger partial charge on any atom is -0.245 e. The highest BCUT2D eigenvalue weighted by Gasteiger charge is 2.64. The fourth-order valence-electron chi connectivity index (χ4n) is 1.87. The summed E-state index contributed by atoms with van der Waals surface area (Å²) in [5.74, 6) is 0. The summed E-state index contributed by atoms with van der Waals surface area (Å²) in [6.45, 7) is 0. The summed E-state index contributed by atoms with van der Waals surface area (Å²) in [5, 5.41) is 23.0. The highest BCUT2D eigenvalue weighted by Crippen LogP contribution is 2.44. The van der Waals surface area contributed by atoms with E-state index in [1.807, 2.05) is 0 Å². The van der Waals surface area contributed by atoms with Crippen molar-refractivity contribution in [2.45, 2.75) is 9.79 Å². The molecule has 2 aromatic carbocycles. The first kappa shape index (κ1) is 13.8. The Morgan fingerprint density at radius 3 is 1.25 bits per heavy atom. The first-order valence-electron chi connectivity index (χ1n) is 5.49. The zero-order valence-electron chi connectivity index (χ0n) is 10.1. The molecule has 0 aromatic heterocycles. The first-order valence-corrected chi connectivity index (χ1v) is 7.37. The second kappa shape index (κ2) is 4.49. The molecule has 7 nitrogen and oxygen atoms in total. The normalized spacial score (nSPS) is 13.1. The highest BCUT2D eigenvalue weighted by molar-refractivity contribution is 8.09. The lowest BCUT2D eigenvalue weighted by Gasteiger charge is -2.25. The maximum Gasteiger partial charge on any atom is 0.384 e. The topological polar surface area (TPSA) is 103 Å². The molecule has 0 saturated carbocycles. The van der Waals surface area contributed by atoms with Gasteiger partial charge in [-0.25, -0.2) is 20.2 Å². The Bertz CT molecular complexity index is 667. The Morgan fingerprint density at radius 1 is 0.700 bits per heavy atom.